The smallest absolute Gasteiger partial charge is 0.243 e. The number of carbonyl (C=O) groups excluding carboxylic acids is 3. The molecule has 19 heavy (non-hydrogen) atoms. The fourth-order valence-electron chi connectivity index (χ4n) is 2.56. The highest BCUT2D eigenvalue weighted by atomic mass is 32.2. The molecule has 0 spiro atoms. The van der Waals surface area contributed by atoms with Crippen molar-refractivity contribution in [2.24, 2.45) is 0 Å². The Morgan fingerprint density at radius 2 is 2.11 bits per heavy atom. The lowest BCUT2D eigenvalue weighted by Gasteiger charge is -2.29. The van der Waals surface area contributed by atoms with Crippen LogP contribution in [0.2, 0.25) is 0 Å². The van der Waals surface area contributed by atoms with Gasteiger partial charge in [0.1, 0.15) is 6.04 Å². The average Bonchev–Trinajstić information content (AvgIpc) is 2.82. The molecule has 0 saturated carbocycles. The second-order valence-corrected chi connectivity index (χ2v) is 6.54. The molecule has 2 N–H and O–H groups in total. The van der Waals surface area contributed by atoms with Crippen LogP contribution in [-0.2, 0) is 14.4 Å². The fraction of sp³-hybridized carbons (Fsp3) is 0.750. The highest BCUT2D eigenvalue weighted by Crippen LogP contribution is 2.47. The molecule has 2 atom stereocenters. The zero-order valence-corrected chi connectivity index (χ0v) is 12.0. The number of nitrogens with zero attached hydrogens (tertiary/aromatic N) is 1. The van der Waals surface area contributed by atoms with Crippen molar-refractivity contribution in [3.63, 3.8) is 0 Å². The van der Waals surface area contributed by atoms with E-state index in [1.807, 2.05) is 6.92 Å². The Hall–Kier alpha value is -1.24. The summed E-state index contributed by atoms with van der Waals surface area (Å²) in [5.74, 6) is 0.466. The second-order valence-electron chi connectivity index (χ2n) is 5.04. The molecule has 0 aromatic rings. The van der Waals surface area contributed by atoms with Gasteiger partial charge in [-0.1, -0.05) is 0 Å². The van der Waals surface area contributed by atoms with Gasteiger partial charge in [-0.05, 0) is 13.3 Å². The molecule has 106 valence electrons. The van der Waals surface area contributed by atoms with E-state index in [2.05, 4.69) is 10.6 Å². The minimum absolute atomic E-state index is 0.0644. The molecular formula is C12H19N3O3S. The predicted molar refractivity (Wildman–Crippen MR) is 72.4 cm³/mol. The summed E-state index contributed by atoms with van der Waals surface area (Å²) in [4.78, 5) is 36.2. The van der Waals surface area contributed by atoms with Crippen molar-refractivity contribution in [2.45, 2.75) is 37.6 Å². The Bertz CT molecular complexity index is 415. The highest BCUT2D eigenvalue weighted by molar-refractivity contribution is 8.01. The van der Waals surface area contributed by atoms with E-state index >= 15 is 0 Å². The first-order valence-corrected chi connectivity index (χ1v) is 7.41. The maximum absolute atomic E-state index is 12.1. The van der Waals surface area contributed by atoms with E-state index in [1.165, 1.54) is 6.92 Å². The van der Waals surface area contributed by atoms with Gasteiger partial charge in [0.05, 0.1) is 4.87 Å². The SMILES string of the molecule is CC(=O)NCCNC(=O)[C@H]1CS[C@]2(C)CCC(=O)N12. The predicted octanol–water partition coefficient (Wildman–Crippen LogP) is -0.307. The highest BCUT2D eigenvalue weighted by Gasteiger charge is 2.52. The first-order valence-electron chi connectivity index (χ1n) is 6.42. The Morgan fingerprint density at radius 1 is 1.42 bits per heavy atom. The topological polar surface area (TPSA) is 78.5 Å². The summed E-state index contributed by atoms with van der Waals surface area (Å²) in [6.07, 6.45) is 1.34. The van der Waals surface area contributed by atoms with Gasteiger partial charge in [-0.15, -0.1) is 11.8 Å². The molecule has 0 bridgehead atoms. The maximum atomic E-state index is 12.1. The van der Waals surface area contributed by atoms with Crippen molar-refractivity contribution in [3.05, 3.63) is 0 Å². The molecule has 0 radical (unpaired) electrons. The molecule has 2 saturated heterocycles. The molecule has 7 heteroatoms. The molecule has 0 aliphatic carbocycles. The number of carbonyl (C=O) groups is 3. The van der Waals surface area contributed by atoms with Crippen molar-refractivity contribution in [1.82, 2.24) is 15.5 Å². The molecule has 2 aliphatic rings. The van der Waals surface area contributed by atoms with Crippen molar-refractivity contribution in [2.75, 3.05) is 18.8 Å². The van der Waals surface area contributed by atoms with Crippen LogP contribution in [0.5, 0.6) is 0 Å². The quantitative estimate of drug-likeness (QED) is 0.695. The number of fused-ring (bicyclic) bond motifs is 1. The van der Waals surface area contributed by atoms with Crippen LogP contribution in [0.4, 0.5) is 0 Å². The van der Waals surface area contributed by atoms with Crippen LogP contribution in [-0.4, -0.2) is 52.4 Å². The largest absolute Gasteiger partial charge is 0.355 e. The summed E-state index contributed by atoms with van der Waals surface area (Å²) < 4.78 is 0. The first kappa shape index (κ1) is 14.2. The van der Waals surface area contributed by atoms with Gasteiger partial charge in [-0.3, -0.25) is 14.4 Å². The van der Waals surface area contributed by atoms with E-state index in [0.717, 1.165) is 6.42 Å². The lowest BCUT2D eigenvalue weighted by atomic mass is 10.2. The van der Waals surface area contributed by atoms with Crippen molar-refractivity contribution in [3.8, 4) is 0 Å². The third-order valence-electron chi connectivity index (χ3n) is 3.55. The minimum atomic E-state index is -0.373. The molecular weight excluding hydrogens is 266 g/mol. The number of nitrogens with one attached hydrogen (secondary N) is 2. The Balaban J connectivity index is 1.86. The van der Waals surface area contributed by atoms with Gasteiger partial charge in [-0.25, -0.2) is 0 Å². The van der Waals surface area contributed by atoms with Crippen LogP contribution >= 0.6 is 11.8 Å². The molecule has 0 aromatic carbocycles. The van der Waals surface area contributed by atoms with E-state index in [9.17, 15) is 14.4 Å². The lowest BCUT2D eigenvalue weighted by molar-refractivity contribution is -0.137. The Kier molecular flexibility index (Phi) is 4.03. The molecule has 2 heterocycles. The third-order valence-corrected chi connectivity index (χ3v) is 5.05. The van der Waals surface area contributed by atoms with Gasteiger partial charge < -0.3 is 15.5 Å². The normalized spacial score (nSPS) is 29.3. The van der Waals surface area contributed by atoms with E-state index in [1.54, 1.807) is 16.7 Å². The average molecular weight is 285 g/mol. The van der Waals surface area contributed by atoms with Crippen molar-refractivity contribution in [1.29, 1.82) is 0 Å². The van der Waals surface area contributed by atoms with E-state index < -0.39 is 0 Å². The zero-order chi connectivity index (χ0) is 14.0. The van der Waals surface area contributed by atoms with Gasteiger partial charge in [0, 0.05) is 32.2 Å². The molecule has 0 aromatic heterocycles. The molecule has 0 unspecified atom stereocenters. The van der Waals surface area contributed by atoms with Crippen molar-refractivity contribution >= 4 is 29.5 Å². The second kappa shape index (κ2) is 5.40. The van der Waals surface area contributed by atoms with E-state index in [4.69, 9.17) is 0 Å². The number of rotatable bonds is 4. The fourth-order valence-corrected chi connectivity index (χ4v) is 3.99. The summed E-state index contributed by atoms with van der Waals surface area (Å²) in [6, 6.07) is -0.373. The number of amides is 3. The summed E-state index contributed by atoms with van der Waals surface area (Å²) in [5.41, 5.74) is 0. The van der Waals surface area contributed by atoms with Gasteiger partial charge in [0.2, 0.25) is 17.7 Å². The van der Waals surface area contributed by atoms with E-state index in [0.29, 0.717) is 25.3 Å². The van der Waals surface area contributed by atoms with Gasteiger partial charge >= 0.3 is 0 Å². The molecule has 2 aliphatic heterocycles. The first-order chi connectivity index (χ1) is 8.94. The molecule has 2 fully saturated rings. The zero-order valence-electron chi connectivity index (χ0n) is 11.2. The Labute approximate surface area is 116 Å². The summed E-state index contributed by atoms with van der Waals surface area (Å²) in [7, 11) is 0. The number of hydrogen-bond donors (Lipinski definition) is 2. The summed E-state index contributed by atoms with van der Waals surface area (Å²) >= 11 is 1.67. The summed E-state index contributed by atoms with van der Waals surface area (Å²) in [6.45, 7) is 4.25. The summed E-state index contributed by atoms with van der Waals surface area (Å²) in [5, 5.41) is 5.38. The van der Waals surface area contributed by atoms with Gasteiger partial charge in [0.25, 0.3) is 0 Å². The standard InChI is InChI=1S/C12H19N3O3S/c1-8(16)13-5-6-14-11(18)9-7-19-12(2)4-3-10(17)15(9)12/h9H,3-7H2,1-2H3,(H,13,16)(H,14,18)/t9-,12-/m1/s1. The lowest BCUT2D eigenvalue weighted by Crippen LogP contribution is -2.51. The number of hydrogen-bond acceptors (Lipinski definition) is 4. The van der Waals surface area contributed by atoms with Gasteiger partial charge in [-0.2, -0.15) is 0 Å². The van der Waals surface area contributed by atoms with E-state index in [-0.39, 0.29) is 28.6 Å². The molecule has 2 rings (SSSR count). The van der Waals surface area contributed by atoms with Gasteiger partial charge in [0.15, 0.2) is 0 Å². The van der Waals surface area contributed by atoms with Crippen LogP contribution in [0.25, 0.3) is 0 Å². The minimum Gasteiger partial charge on any atom is -0.355 e. The Morgan fingerprint density at radius 3 is 2.79 bits per heavy atom. The van der Waals surface area contributed by atoms with Crippen LogP contribution in [0.1, 0.15) is 26.7 Å². The van der Waals surface area contributed by atoms with Crippen LogP contribution in [0, 0.1) is 0 Å². The molecule has 6 nitrogen and oxygen atoms in total. The number of thioether (sulfide) groups is 1. The van der Waals surface area contributed by atoms with Crippen LogP contribution < -0.4 is 10.6 Å². The maximum Gasteiger partial charge on any atom is 0.243 e. The van der Waals surface area contributed by atoms with Crippen molar-refractivity contribution < 1.29 is 14.4 Å². The monoisotopic (exact) mass is 285 g/mol. The van der Waals surface area contributed by atoms with Crippen LogP contribution in [0.3, 0.4) is 0 Å². The van der Waals surface area contributed by atoms with Crippen LogP contribution in [0.15, 0.2) is 0 Å². The third kappa shape index (κ3) is 2.86. The molecule has 3 amide bonds.